The second kappa shape index (κ2) is 6.66. The Morgan fingerprint density at radius 1 is 1.45 bits per heavy atom. The van der Waals surface area contributed by atoms with E-state index in [2.05, 4.69) is 0 Å². The van der Waals surface area contributed by atoms with Crippen molar-refractivity contribution in [2.45, 2.75) is 32.1 Å². The maximum atomic E-state index is 12.1. The second-order valence-electron chi connectivity index (χ2n) is 4.51. The molecule has 6 nitrogen and oxygen atoms in total. The Kier molecular flexibility index (Phi) is 5.21. The number of ether oxygens (including phenoxy) is 1. The van der Waals surface area contributed by atoms with E-state index in [4.69, 9.17) is 10.00 Å². The summed E-state index contributed by atoms with van der Waals surface area (Å²) >= 11 is 0. The molecular formula is C14H16N2O4. The summed E-state index contributed by atoms with van der Waals surface area (Å²) in [5.41, 5.74) is -0.405. The highest BCUT2D eigenvalue weighted by molar-refractivity contribution is 5.82. The summed E-state index contributed by atoms with van der Waals surface area (Å²) in [6.45, 7) is 3.63. The lowest BCUT2D eigenvalue weighted by Gasteiger charge is -2.26. The molecule has 1 aromatic carbocycles. The second-order valence-corrected chi connectivity index (χ2v) is 4.51. The van der Waals surface area contributed by atoms with Gasteiger partial charge < -0.3 is 4.74 Å². The van der Waals surface area contributed by atoms with Crippen LogP contribution >= 0.6 is 0 Å². The molecule has 1 unspecified atom stereocenters. The molecule has 0 aliphatic heterocycles. The molecule has 6 heteroatoms. The van der Waals surface area contributed by atoms with Crippen LogP contribution in [0, 0.1) is 21.4 Å². The Labute approximate surface area is 117 Å². The van der Waals surface area contributed by atoms with Gasteiger partial charge in [0.15, 0.2) is 0 Å². The summed E-state index contributed by atoms with van der Waals surface area (Å²) in [4.78, 5) is 22.3. The minimum atomic E-state index is -0.971. The topological polar surface area (TPSA) is 93.2 Å². The van der Waals surface area contributed by atoms with Crippen LogP contribution in [-0.2, 0) is 14.9 Å². The normalized spacial score (nSPS) is 13.1. The molecule has 0 saturated carbocycles. The van der Waals surface area contributed by atoms with Crippen LogP contribution in [0.1, 0.15) is 32.3 Å². The Morgan fingerprint density at radius 3 is 2.50 bits per heavy atom. The SMILES string of the molecule is CCOC(=O)C(C)(CCC#N)c1ccc([N+](=O)[O-])cc1. The van der Waals surface area contributed by atoms with E-state index in [-0.39, 0.29) is 18.7 Å². The van der Waals surface area contributed by atoms with E-state index in [1.54, 1.807) is 13.8 Å². The molecule has 1 atom stereocenters. The molecule has 1 aromatic rings. The molecule has 0 fully saturated rings. The number of nitriles is 1. The fraction of sp³-hybridized carbons (Fsp3) is 0.429. The number of hydrogen-bond acceptors (Lipinski definition) is 5. The number of nitrogens with zero attached hydrogens (tertiary/aromatic N) is 2. The number of carbonyl (C=O) groups excluding carboxylic acids is 1. The van der Waals surface area contributed by atoms with Gasteiger partial charge in [-0.05, 0) is 25.8 Å². The van der Waals surface area contributed by atoms with Gasteiger partial charge in [0.05, 0.1) is 23.0 Å². The zero-order chi connectivity index (χ0) is 15.2. The number of non-ortho nitro benzene ring substituents is 1. The number of benzene rings is 1. The number of hydrogen-bond donors (Lipinski definition) is 0. The average molecular weight is 276 g/mol. The molecule has 106 valence electrons. The molecule has 0 amide bonds. The number of rotatable bonds is 6. The third-order valence-electron chi connectivity index (χ3n) is 3.18. The molecule has 0 aliphatic carbocycles. The Hall–Kier alpha value is -2.42. The van der Waals surface area contributed by atoms with E-state index in [0.717, 1.165) is 0 Å². The van der Waals surface area contributed by atoms with Crippen LogP contribution in [0.5, 0.6) is 0 Å². The number of nitro groups is 1. The maximum Gasteiger partial charge on any atom is 0.316 e. The van der Waals surface area contributed by atoms with Gasteiger partial charge in [-0.1, -0.05) is 12.1 Å². The fourth-order valence-electron chi connectivity index (χ4n) is 1.91. The zero-order valence-corrected chi connectivity index (χ0v) is 11.5. The predicted octanol–water partition coefficient (Wildman–Crippen LogP) is 2.72. The molecule has 0 radical (unpaired) electrons. The van der Waals surface area contributed by atoms with E-state index in [9.17, 15) is 14.9 Å². The van der Waals surface area contributed by atoms with E-state index in [0.29, 0.717) is 12.0 Å². The van der Waals surface area contributed by atoms with Crippen molar-refractivity contribution in [1.29, 1.82) is 5.26 Å². The predicted molar refractivity (Wildman–Crippen MR) is 71.9 cm³/mol. The largest absolute Gasteiger partial charge is 0.465 e. The number of nitro benzene ring substituents is 1. The minimum Gasteiger partial charge on any atom is -0.465 e. The molecule has 0 spiro atoms. The van der Waals surface area contributed by atoms with Crippen molar-refractivity contribution in [2.24, 2.45) is 0 Å². The number of carbonyl (C=O) groups is 1. The lowest BCUT2D eigenvalue weighted by Crippen LogP contribution is -2.34. The summed E-state index contributed by atoms with van der Waals surface area (Å²) in [6, 6.07) is 7.76. The average Bonchev–Trinajstić information content (AvgIpc) is 2.45. The van der Waals surface area contributed by atoms with Gasteiger partial charge in [0.2, 0.25) is 0 Å². The van der Waals surface area contributed by atoms with Gasteiger partial charge in [-0.2, -0.15) is 5.26 Å². The summed E-state index contributed by atoms with van der Waals surface area (Å²) in [7, 11) is 0. The van der Waals surface area contributed by atoms with Crippen molar-refractivity contribution in [3.8, 4) is 6.07 Å². The van der Waals surface area contributed by atoms with Crippen LogP contribution in [0.15, 0.2) is 24.3 Å². The van der Waals surface area contributed by atoms with Gasteiger partial charge in [-0.3, -0.25) is 14.9 Å². The fourth-order valence-corrected chi connectivity index (χ4v) is 1.91. The first kappa shape index (κ1) is 15.6. The van der Waals surface area contributed by atoms with Gasteiger partial charge in [-0.15, -0.1) is 0 Å². The van der Waals surface area contributed by atoms with Crippen LogP contribution in [-0.4, -0.2) is 17.5 Å². The van der Waals surface area contributed by atoms with Crippen molar-refractivity contribution >= 4 is 11.7 Å². The molecule has 0 aromatic heterocycles. The summed E-state index contributed by atoms with van der Waals surface area (Å²) in [6.07, 6.45) is 0.506. The first-order valence-electron chi connectivity index (χ1n) is 6.24. The lowest BCUT2D eigenvalue weighted by molar-refractivity contribution is -0.384. The van der Waals surface area contributed by atoms with E-state index >= 15 is 0 Å². The third-order valence-corrected chi connectivity index (χ3v) is 3.18. The van der Waals surface area contributed by atoms with Crippen molar-refractivity contribution in [3.63, 3.8) is 0 Å². The van der Waals surface area contributed by atoms with Gasteiger partial charge in [-0.25, -0.2) is 0 Å². The molecule has 1 rings (SSSR count). The summed E-state index contributed by atoms with van der Waals surface area (Å²) in [5.74, 6) is -0.427. The molecule has 0 aliphatic rings. The highest BCUT2D eigenvalue weighted by Gasteiger charge is 2.36. The van der Waals surface area contributed by atoms with Crippen molar-refractivity contribution < 1.29 is 14.5 Å². The Bertz CT molecular complexity index is 533. The number of esters is 1. The van der Waals surface area contributed by atoms with Crippen LogP contribution in [0.25, 0.3) is 0 Å². The Balaban J connectivity index is 3.13. The van der Waals surface area contributed by atoms with Crippen LogP contribution in [0.2, 0.25) is 0 Å². The van der Waals surface area contributed by atoms with Crippen molar-refractivity contribution in [2.75, 3.05) is 6.61 Å². The van der Waals surface area contributed by atoms with Crippen molar-refractivity contribution in [3.05, 3.63) is 39.9 Å². The maximum absolute atomic E-state index is 12.1. The highest BCUT2D eigenvalue weighted by Crippen LogP contribution is 2.31. The summed E-state index contributed by atoms with van der Waals surface area (Å²) < 4.78 is 5.05. The van der Waals surface area contributed by atoms with Gasteiger partial charge in [0.25, 0.3) is 5.69 Å². The molecule has 0 N–H and O–H groups in total. The first-order valence-corrected chi connectivity index (χ1v) is 6.24. The highest BCUT2D eigenvalue weighted by atomic mass is 16.6. The smallest absolute Gasteiger partial charge is 0.316 e. The van der Waals surface area contributed by atoms with Gasteiger partial charge >= 0.3 is 5.97 Å². The molecular weight excluding hydrogens is 260 g/mol. The molecule has 0 saturated heterocycles. The quantitative estimate of drug-likeness (QED) is 0.452. The van der Waals surface area contributed by atoms with Gasteiger partial charge in [0, 0.05) is 18.6 Å². The van der Waals surface area contributed by atoms with E-state index < -0.39 is 16.3 Å². The monoisotopic (exact) mass is 276 g/mol. The summed E-state index contributed by atoms with van der Waals surface area (Å²) in [5, 5.41) is 19.4. The van der Waals surface area contributed by atoms with E-state index in [1.807, 2.05) is 6.07 Å². The zero-order valence-electron chi connectivity index (χ0n) is 11.5. The lowest BCUT2D eigenvalue weighted by atomic mass is 9.78. The van der Waals surface area contributed by atoms with Crippen LogP contribution < -0.4 is 0 Å². The Morgan fingerprint density at radius 2 is 2.05 bits per heavy atom. The van der Waals surface area contributed by atoms with Crippen LogP contribution in [0.3, 0.4) is 0 Å². The third kappa shape index (κ3) is 3.32. The molecule has 0 heterocycles. The standard InChI is InChI=1S/C14H16N2O4/c1-3-20-13(17)14(2,9-4-10-15)11-5-7-12(8-6-11)16(18)19/h5-8H,3-4,9H2,1-2H3. The van der Waals surface area contributed by atoms with Crippen LogP contribution in [0.4, 0.5) is 5.69 Å². The molecule has 0 bridgehead atoms. The van der Waals surface area contributed by atoms with Gasteiger partial charge in [0.1, 0.15) is 0 Å². The van der Waals surface area contributed by atoms with Crippen molar-refractivity contribution in [1.82, 2.24) is 0 Å². The molecule has 20 heavy (non-hydrogen) atoms. The first-order chi connectivity index (χ1) is 9.45. The minimum absolute atomic E-state index is 0.0414. The van der Waals surface area contributed by atoms with E-state index in [1.165, 1.54) is 24.3 Å².